The summed E-state index contributed by atoms with van der Waals surface area (Å²) in [4.78, 5) is 11.7. The molecule has 0 spiro atoms. The van der Waals surface area contributed by atoms with Crippen LogP contribution in [0.5, 0.6) is 11.5 Å². The number of nitrogens with one attached hydrogen (secondary N) is 1. The molecule has 0 aliphatic carbocycles. The van der Waals surface area contributed by atoms with Gasteiger partial charge in [-0.05, 0) is 62.4 Å². The van der Waals surface area contributed by atoms with Crippen molar-refractivity contribution in [3.8, 4) is 11.5 Å². The number of carbonyl (C=O) groups excluding carboxylic acids is 1. The Bertz CT molecular complexity index is 850. The second-order valence-electron chi connectivity index (χ2n) is 5.35. The van der Waals surface area contributed by atoms with E-state index in [1.54, 1.807) is 24.3 Å². The molecule has 24 heavy (non-hydrogen) atoms. The maximum absolute atomic E-state index is 11.6. The van der Waals surface area contributed by atoms with Crippen LogP contribution in [-0.2, 0) is 14.8 Å². The van der Waals surface area contributed by atoms with E-state index in [0.717, 1.165) is 5.57 Å². The number of ether oxygens (including phenoxy) is 1. The maximum Gasteiger partial charge on any atom is 0.248 e. The molecule has 1 amide bonds. The molecule has 7 heteroatoms. The highest BCUT2D eigenvalue weighted by atomic mass is 32.2. The van der Waals surface area contributed by atoms with Gasteiger partial charge in [-0.2, -0.15) is 0 Å². The van der Waals surface area contributed by atoms with Crippen LogP contribution >= 0.6 is 0 Å². The summed E-state index contributed by atoms with van der Waals surface area (Å²) in [7, 11) is -3.72. The number of amides is 1. The first-order valence-electron chi connectivity index (χ1n) is 7.11. The fraction of sp³-hybridized carbons (Fsp3) is 0.118. The highest BCUT2D eigenvalue weighted by molar-refractivity contribution is 7.89. The van der Waals surface area contributed by atoms with Crippen molar-refractivity contribution in [1.29, 1.82) is 0 Å². The van der Waals surface area contributed by atoms with Crippen molar-refractivity contribution in [2.24, 2.45) is 5.14 Å². The lowest BCUT2D eigenvalue weighted by Crippen LogP contribution is -2.11. The molecule has 126 valence electrons. The number of benzene rings is 2. The van der Waals surface area contributed by atoms with Crippen molar-refractivity contribution in [2.45, 2.75) is 18.7 Å². The van der Waals surface area contributed by atoms with Crippen LogP contribution in [0.25, 0.3) is 0 Å². The van der Waals surface area contributed by atoms with Crippen LogP contribution in [-0.4, -0.2) is 14.3 Å². The van der Waals surface area contributed by atoms with E-state index in [1.807, 2.05) is 13.8 Å². The lowest BCUT2D eigenvalue weighted by atomic mass is 10.2. The highest BCUT2D eigenvalue weighted by Gasteiger charge is 2.07. The number of allylic oxidation sites excluding steroid dienone is 1. The zero-order chi connectivity index (χ0) is 17.7. The molecule has 0 bridgehead atoms. The van der Waals surface area contributed by atoms with Gasteiger partial charge >= 0.3 is 0 Å². The number of hydrogen-bond acceptors (Lipinski definition) is 4. The van der Waals surface area contributed by atoms with E-state index in [0.29, 0.717) is 17.2 Å². The van der Waals surface area contributed by atoms with E-state index in [-0.39, 0.29) is 10.8 Å². The third-order valence-corrected chi connectivity index (χ3v) is 3.86. The number of anilines is 1. The molecule has 0 unspecified atom stereocenters. The average Bonchev–Trinajstić information content (AvgIpc) is 2.48. The maximum atomic E-state index is 11.6. The Balaban J connectivity index is 2.04. The highest BCUT2D eigenvalue weighted by Crippen LogP contribution is 2.24. The monoisotopic (exact) mass is 346 g/mol. The lowest BCUT2D eigenvalue weighted by Gasteiger charge is -2.08. The van der Waals surface area contributed by atoms with Gasteiger partial charge in [0.1, 0.15) is 11.5 Å². The molecule has 2 rings (SSSR count). The molecule has 0 aliphatic heterocycles. The summed E-state index contributed by atoms with van der Waals surface area (Å²) in [5.41, 5.74) is 1.56. The summed E-state index contributed by atoms with van der Waals surface area (Å²) in [5, 5.41) is 7.78. The standard InChI is InChI=1S/C17H18N2O4S/c1-12(2)11-17(20)19-13-3-5-14(6-4-13)23-15-7-9-16(10-8-15)24(18,21)22/h3-11H,1-2H3,(H,19,20)(H2,18,21,22). The predicted octanol–water partition coefficient (Wildman–Crippen LogP) is 3.03. The molecule has 0 aliphatic rings. The average molecular weight is 346 g/mol. The Morgan fingerprint density at radius 3 is 1.96 bits per heavy atom. The molecule has 0 aromatic heterocycles. The topological polar surface area (TPSA) is 98.5 Å². The molecule has 3 N–H and O–H groups in total. The summed E-state index contributed by atoms with van der Waals surface area (Å²) >= 11 is 0. The Hall–Kier alpha value is -2.64. The van der Waals surface area contributed by atoms with Crippen LogP contribution in [0.15, 0.2) is 65.1 Å². The van der Waals surface area contributed by atoms with Crippen LogP contribution < -0.4 is 15.2 Å². The van der Waals surface area contributed by atoms with Crippen molar-refractivity contribution in [1.82, 2.24) is 0 Å². The van der Waals surface area contributed by atoms with Crippen molar-refractivity contribution >= 4 is 21.6 Å². The normalized spacial score (nSPS) is 10.8. The van der Waals surface area contributed by atoms with Crippen LogP contribution in [0, 0.1) is 0 Å². The number of carbonyl (C=O) groups is 1. The SMILES string of the molecule is CC(C)=CC(=O)Nc1ccc(Oc2ccc(S(N)(=O)=O)cc2)cc1. The van der Waals surface area contributed by atoms with Gasteiger partial charge in [-0.3, -0.25) is 4.79 Å². The first-order valence-corrected chi connectivity index (χ1v) is 8.65. The van der Waals surface area contributed by atoms with Crippen molar-refractivity contribution < 1.29 is 17.9 Å². The number of rotatable bonds is 5. The molecule has 0 radical (unpaired) electrons. The summed E-state index contributed by atoms with van der Waals surface area (Å²) < 4.78 is 28.0. The zero-order valence-electron chi connectivity index (χ0n) is 13.3. The second-order valence-corrected chi connectivity index (χ2v) is 6.92. The molecular formula is C17H18N2O4S. The predicted molar refractivity (Wildman–Crippen MR) is 92.4 cm³/mol. The van der Waals surface area contributed by atoms with E-state index in [4.69, 9.17) is 9.88 Å². The fourth-order valence-electron chi connectivity index (χ4n) is 1.88. The molecule has 0 heterocycles. The molecule has 0 saturated carbocycles. The van der Waals surface area contributed by atoms with Crippen LogP contribution in [0.1, 0.15) is 13.8 Å². The molecule has 2 aromatic rings. The van der Waals surface area contributed by atoms with Gasteiger partial charge in [0.05, 0.1) is 4.90 Å². The van der Waals surface area contributed by atoms with Gasteiger partial charge in [-0.25, -0.2) is 13.6 Å². The summed E-state index contributed by atoms with van der Waals surface area (Å²) in [6.45, 7) is 3.69. The Kier molecular flexibility index (Phi) is 5.38. The van der Waals surface area contributed by atoms with Gasteiger partial charge < -0.3 is 10.1 Å². The molecular weight excluding hydrogens is 328 g/mol. The Morgan fingerprint density at radius 2 is 1.50 bits per heavy atom. The van der Waals surface area contributed by atoms with Gasteiger partial charge in [0.15, 0.2) is 0 Å². The third-order valence-electron chi connectivity index (χ3n) is 2.93. The van der Waals surface area contributed by atoms with Gasteiger partial charge in [0.25, 0.3) is 0 Å². The minimum Gasteiger partial charge on any atom is -0.457 e. The smallest absolute Gasteiger partial charge is 0.248 e. The van der Waals surface area contributed by atoms with Crippen LogP contribution in [0.4, 0.5) is 5.69 Å². The van der Waals surface area contributed by atoms with Gasteiger partial charge in [0, 0.05) is 11.8 Å². The van der Waals surface area contributed by atoms with Crippen molar-refractivity contribution in [3.63, 3.8) is 0 Å². The zero-order valence-corrected chi connectivity index (χ0v) is 14.1. The first kappa shape index (κ1) is 17.7. The number of nitrogens with two attached hydrogens (primary N) is 1. The van der Waals surface area contributed by atoms with Crippen LogP contribution in [0.2, 0.25) is 0 Å². The van der Waals surface area contributed by atoms with E-state index in [2.05, 4.69) is 5.32 Å². The van der Waals surface area contributed by atoms with Crippen LogP contribution in [0.3, 0.4) is 0 Å². The molecule has 0 atom stereocenters. The molecule has 0 fully saturated rings. The van der Waals surface area contributed by atoms with Gasteiger partial charge in [-0.15, -0.1) is 0 Å². The third kappa shape index (κ3) is 5.22. The van der Waals surface area contributed by atoms with Crippen molar-refractivity contribution in [3.05, 3.63) is 60.2 Å². The molecule has 0 saturated heterocycles. The van der Waals surface area contributed by atoms with Gasteiger partial charge in [-0.1, -0.05) is 5.57 Å². The number of primary sulfonamides is 1. The minimum absolute atomic E-state index is 0.0205. The largest absolute Gasteiger partial charge is 0.457 e. The molecule has 2 aromatic carbocycles. The Morgan fingerprint density at radius 1 is 1.00 bits per heavy atom. The summed E-state index contributed by atoms with van der Waals surface area (Å²) in [5.74, 6) is 0.838. The van der Waals surface area contributed by atoms with E-state index < -0.39 is 10.0 Å². The lowest BCUT2D eigenvalue weighted by molar-refractivity contribution is -0.111. The second kappa shape index (κ2) is 7.29. The summed E-state index contributed by atoms with van der Waals surface area (Å²) in [6.07, 6.45) is 1.51. The van der Waals surface area contributed by atoms with E-state index in [9.17, 15) is 13.2 Å². The molecule has 6 nitrogen and oxygen atoms in total. The van der Waals surface area contributed by atoms with E-state index in [1.165, 1.54) is 30.3 Å². The Labute approximate surface area is 141 Å². The first-order chi connectivity index (χ1) is 11.2. The van der Waals surface area contributed by atoms with Gasteiger partial charge in [0.2, 0.25) is 15.9 Å². The fourth-order valence-corrected chi connectivity index (χ4v) is 2.40. The number of sulfonamides is 1. The minimum atomic E-state index is -3.72. The van der Waals surface area contributed by atoms with E-state index >= 15 is 0 Å². The number of hydrogen-bond donors (Lipinski definition) is 2. The van der Waals surface area contributed by atoms with Crippen molar-refractivity contribution in [2.75, 3.05) is 5.32 Å². The summed E-state index contributed by atoms with van der Waals surface area (Å²) in [6, 6.07) is 12.6. The quantitative estimate of drug-likeness (QED) is 0.813.